The van der Waals surface area contributed by atoms with Crippen LogP contribution in [0.25, 0.3) is 0 Å². The second kappa shape index (κ2) is 7.44. The fourth-order valence-electron chi connectivity index (χ4n) is 4.20. The fraction of sp³-hybridized carbons (Fsp3) is 0.524. The molecule has 1 fully saturated rings. The summed E-state index contributed by atoms with van der Waals surface area (Å²) in [5.41, 5.74) is 4.37. The first kappa shape index (κ1) is 18.2. The summed E-state index contributed by atoms with van der Waals surface area (Å²) in [5, 5.41) is 0. The van der Waals surface area contributed by atoms with Crippen LogP contribution in [0.1, 0.15) is 41.1 Å². The van der Waals surface area contributed by atoms with Crippen molar-refractivity contribution in [2.24, 2.45) is 7.05 Å². The lowest BCUT2D eigenvalue weighted by Crippen LogP contribution is -2.25. The van der Waals surface area contributed by atoms with Gasteiger partial charge < -0.3 is 4.74 Å². The topological polar surface area (TPSA) is 50.6 Å². The fourth-order valence-corrected chi connectivity index (χ4v) is 4.20. The molecule has 0 amide bonds. The predicted molar refractivity (Wildman–Crippen MR) is 105 cm³/mol. The van der Waals surface area contributed by atoms with Crippen molar-refractivity contribution < 1.29 is 4.74 Å². The first-order valence-electron chi connectivity index (χ1n) is 9.71. The molecule has 6 nitrogen and oxygen atoms in total. The maximum atomic E-state index is 12.5. The monoisotopic (exact) mass is 368 g/mol. The minimum absolute atomic E-state index is 0.0875. The Morgan fingerprint density at radius 3 is 2.63 bits per heavy atom. The van der Waals surface area contributed by atoms with Crippen molar-refractivity contribution in [3.63, 3.8) is 0 Å². The van der Waals surface area contributed by atoms with E-state index in [1.165, 1.54) is 37.1 Å². The maximum Gasteiger partial charge on any atom is 0.258 e. The quantitative estimate of drug-likeness (QED) is 0.810. The number of likely N-dealkylation sites (tertiary alicyclic amines) is 1. The molecule has 1 saturated heterocycles. The molecule has 0 spiro atoms. The molecule has 2 aromatic rings. The number of rotatable bonds is 5. The molecule has 1 aromatic carbocycles. The van der Waals surface area contributed by atoms with Crippen LogP contribution in [0.3, 0.4) is 0 Å². The Labute approximate surface area is 160 Å². The number of hydrogen-bond donors (Lipinski definition) is 0. The van der Waals surface area contributed by atoms with Gasteiger partial charge in [0.1, 0.15) is 11.6 Å². The molecule has 0 N–H and O–H groups in total. The van der Waals surface area contributed by atoms with Crippen molar-refractivity contribution in [1.29, 1.82) is 0 Å². The zero-order chi connectivity index (χ0) is 19.0. The van der Waals surface area contributed by atoms with Gasteiger partial charge in [0.05, 0.1) is 18.4 Å². The normalized spacial score (nSPS) is 17.4. The molecule has 2 aliphatic heterocycles. The van der Waals surface area contributed by atoms with E-state index in [4.69, 9.17) is 4.74 Å². The molecule has 144 valence electrons. The van der Waals surface area contributed by atoms with Crippen LogP contribution in [-0.4, -0.2) is 39.6 Å². The standard InChI is InChI=1S/C21H28N4O2/c1-15-22-19-14-25(13-18(19)21(26)23(15)2)11-16-6-7-20(27-3)17(10-16)12-24-8-4-5-9-24/h6-7,10H,4-5,8-9,11-14H2,1-3H3. The van der Waals surface area contributed by atoms with Crippen molar-refractivity contribution in [1.82, 2.24) is 19.4 Å². The summed E-state index contributed by atoms with van der Waals surface area (Å²) < 4.78 is 7.22. The predicted octanol–water partition coefficient (Wildman–Crippen LogP) is 2.21. The van der Waals surface area contributed by atoms with E-state index in [1.807, 2.05) is 6.92 Å². The molecule has 6 heteroatoms. The van der Waals surface area contributed by atoms with Gasteiger partial charge in [-0.15, -0.1) is 0 Å². The van der Waals surface area contributed by atoms with Crippen LogP contribution in [0.2, 0.25) is 0 Å². The van der Waals surface area contributed by atoms with Gasteiger partial charge >= 0.3 is 0 Å². The first-order valence-corrected chi connectivity index (χ1v) is 9.71. The Bertz CT molecular complexity index is 900. The number of benzene rings is 1. The number of hydrogen-bond acceptors (Lipinski definition) is 5. The summed E-state index contributed by atoms with van der Waals surface area (Å²) in [6, 6.07) is 6.47. The molecule has 4 rings (SSSR count). The molecule has 0 saturated carbocycles. The SMILES string of the molecule is COc1ccc(CN2Cc3nc(C)n(C)c(=O)c3C2)cc1CN1CCCC1. The van der Waals surface area contributed by atoms with Crippen molar-refractivity contribution in [3.8, 4) is 5.75 Å². The van der Waals surface area contributed by atoms with Gasteiger partial charge in [-0.1, -0.05) is 6.07 Å². The Kier molecular flexibility index (Phi) is 5.02. The van der Waals surface area contributed by atoms with Gasteiger partial charge in [-0.05, 0) is 50.6 Å². The summed E-state index contributed by atoms with van der Waals surface area (Å²) in [4.78, 5) is 21.9. The highest BCUT2D eigenvalue weighted by molar-refractivity contribution is 5.37. The molecular formula is C21H28N4O2. The number of ether oxygens (including phenoxy) is 1. The van der Waals surface area contributed by atoms with Crippen LogP contribution in [0.15, 0.2) is 23.0 Å². The van der Waals surface area contributed by atoms with Crippen molar-refractivity contribution >= 4 is 0 Å². The molecule has 0 radical (unpaired) electrons. The van der Waals surface area contributed by atoms with Crippen LogP contribution < -0.4 is 10.3 Å². The molecule has 3 heterocycles. The molecular weight excluding hydrogens is 340 g/mol. The van der Waals surface area contributed by atoms with Gasteiger partial charge in [0.2, 0.25) is 0 Å². The van der Waals surface area contributed by atoms with E-state index in [0.29, 0.717) is 6.54 Å². The number of aryl methyl sites for hydroxylation is 1. The summed E-state index contributed by atoms with van der Waals surface area (Å²) >= 11 is 0. The smallest absolute Gasteiger partial charge is 0.258 e. The summed E-state index contributed by atoms with van der Waals surface area (Å²) in [6.07, 6.45) is 2.57. The zero-order valence-electron chi connectivity index (χ0n) is 16.5. The van der Waals surface area contributed by atoms with E-state index in [-0.39, 0.29) is 5.56 Å². The van der Waals surface area contributed by atoms with E-state index in [2.05, 4.69) is 33.0 Å². The Morgan fingerprint density at radius 1 is 1.11 bits per heavy atom. The molecule has 0 atom stereocenters. The van der Waals surface area contributed by atoms with Gasteiger partial charge in [0, 0.05) is 38.8 Å². The average molecular weight is 368 g/mol. The Morgan fingerprint density at radius 2 is 1.89 bits per heavy atom. The molecule has 2 aliphatic rings. The minimum Gasteiger partial charge on any atom is -0.496 e. The number of nitrogens with zero attached hydrogens (tertiary/aromatic N) is 4. The van der Waals surface area contributed by atoms with Crippen molar-refractivity contribution in [2.75, 3.05) is 20.2 Å². The number of methoxy groups -OCH3 is 1. The van der Waals surface area contributed by atoms with Gasteiger partial charge in [-0.2, -0.15) is 0 Å². The van der Waals surface area contributed by atoms with Gasteiger partial charge in [-0.25, -0.2) is 4.98 Å². The lowest BCUT2D eigenvalue weighted by Gasteiger charge is -2.19. The van der Waals surface area contributed by atoms with Gasteiger partial charge in [-0.3, -0.25) is 19.2 Å². The summed E-state index contributed by atoms with van der Waals surface area (Å²) in [7, 11) is 3.53. The van der Waals surface area contributed by atoms with E-state index >= 15 is 0 Å². The minimum atomic E-state index is 0.0875. The third kappa shape index (κ3) is 3.64. The van der Waals surface area contributed by atoms with Gasteiger partial charge in [0.15, 0.2) is 0 Å². The van der Waals surface area contributed by atoms with Crippen LogP contribution in [-0.2, 0) is 33.2 Å². The lowest BCUT2D eigenvalue weighted by atomic mass is 10.1. The van der Waals surface area contributed by atoms with Crippen LogP contribution >= 0.6 is 0 Å². The molecule has 0 unspecified atom stereocenters. The van der Waals surface area contributed by atoms with Crippen LogP contribution in [0.4, 0.5) is 0 Å². The zero-order valence-corrected chi connectivity index (χ0v) is 16.5. The highest BCUT2D eigenvalue weighted by Gasteiger charge is 2.25. The van der Waals surface area contributed by atoms with E-state index in [9.17, 15) is 4.79 Å². The molecule has 1 aromatic heterocycles. The van der Waals surface area contributed by atoms with Gasteiger partial charge in [0.25, 0.3) is 5.56 Å². The third-order valence-corrected chi connectivity index (χ3v) is 5.79. The third-order valence-electron chi connectivity index (χ3n) is 5.79. The second-order valence-electron chi connectivity index (χ2n) is 7.72. The maximum absolute atomic E-state index is 12.5. The first-order chi connectivity index (χ1) is 13.0. The van der Waals surface area contributed by atoms with E-state index < -0.39 is 0 Å². The average Bonchev–Trinajstić information content (AvgIpc) is 3.30. The molecule has 0 bridgehead atoms. The highest BCUT2D eigenvalue weighted by Crippen LogP contribution is 2.26. The molecule has 0 aliphatic carbocycles. The molecule has 27 heavy (non-hydrogen) atoms. The lowest BCUT2D eigenvalue weighted by molar-refractivity contribution is 0.272. The van der Waals surface area contributed by atoms with Crippen LogP contribution in [0, 0.1) is 6.92 Å². The number of fused-ring (bicyclic) bond motifs is 1. The largest absolute Gasteiger partial charge is 0.496 e. The Balaban J connectivity index is 1.51. The summed E-state index contributed by atoms with van der Waals surface area (Å²) in [6.45, 7) is 7.39. The highest BCUT2D eigenvalue weighted by atomic mass is 16.5. The van der Waals surface area contributed by atoms with E-state index in [0.717, 1.165) is 42.5 Å². The summed E-state index contributed by atoms with van der Waals surface area (Å²) in [5.74, 6) is 1.74. The second-order valence-corrected chi connectivity index (χ2v) is 7.72. The van der Waals surface area contributed by atoms with Crippen LogP contribution in [0.5, 0.6) is 5.75 Å². The Hall–Kier alpha value is -2.18. The van der Waals surface area contributed by atoms with E-state index in [1.54, 1.807) is 18.7 Å². The van der Waals surface area contributed by atoms with Crippen molar-refractivity contribution in [3.05, 3.63) is 56.8 Å². The number of aromatic nitrogens is 2. The van der Waals surface area contributed by atoms with Crippen molar-refractivity contribution in [2.45, 2.75) is 45.9 Å².